The smallest absolute Gasteiger partial charge is 0.223 e. The lowest BCUT2D eigenvalue weighted by Gasteiger charge is -2.31. The number of halogens is 1. The van der Waals surface area contributed by atoms with Crippen LogP contribution in [0.1, 0.15) is 42.5 Å². The van der Waals surface area contributed by atoms with Gasteiger partial charge in [0.15, 0.2) is 0 Å². The molecule has 2 aromatic rings. The summed E-state index contributed by atoms with van der Waals surface area (Å²) in [7, 11) is -3.49. The van der Waals surface area contributed by atoms with Gasteiger partial charge in [0, 0.05) is 19.0 Å². The maximum Gasteiger partial charge on any atom is 0.223 e. The highest BCUT2D eigenvalue weighted by Gasteiger charge is 2.31. The highest BCUT2D eigenvalue weighted by atomic mass is 32.2. The molecule has 0 bridgehead atoms. The third kappa shape index (κ3) is 5.64. The summed E-state index contributed by atoms with van der Waals surface area (Å²) in [5.41, 5.74) is 2.77. The number of benzene rings is 2. The van der Waals surface area contributed by atoms with E-state index in [1.165, 1.54) is 34.1 Å². The van der Waals surface area contributed by atoms with Gasteiger partial charge in [0.05, 0.1) is 11.8 Å². The van der Waals surface area contributed by atoms with Gasteiger partial charge in [-0.15, -0.1) is 0 Å². The minimum Gasteiger partial charge on any atom is -0.349 e. The average Bonchev–Trinajstić information content (AvgIpc) is 2.70. The molecule has 0 aromatic heterocycles. The van der Waals surface area contributed by atoms with E-state index in [9.17, 15) is 17.6 Å². The third-order valence-electron chi connectivity index (χ3n) is 5.42. The molecule has 2 aromatic carbocycles. The van der Waals surface area contributed by atoms with Gasteiger partial charge in [-0.2, -0.15) is 0 Å². The molecule has 1 aliphatic heterocycles. The van der Waals surface area contributed by atoms with Crippen LogP contribution in [0.2, 0.25) is 0 Å². The van der Waals surface area contributed by atoms with E-state index in [4.69, 9.17) is 0 Å². The van der Waals surface area contributed by atoms with Crippen LogP contribution in [-0.2, 0) is 20.6 Å². The number of nitrogens with zero attached hydrogens (tertiary/aromatic N) is 1. The summed E-state index contributed by atoms with van der Waals surface area (Å²) in [6.07, 6.45) is 0.990. The number of carbonyl (C=O) groups is 1. The predicted octanol–water partition coefficient (Wildman–Crippen LogP) is 3.55. The SMILES string of the molecule is Cc1ccc(C(C)NC(=O)C2CCN(S(=O)(=O)Cc3ccc(F)cc3)CC2)cc1. The quantitative estimate of drug-likeness (QED) is 0.780. The number of amides is 1. The Labute approximate surface area is 172 Å². The first-order valence-electron chi connectivity index (χ1n) is 9.84. The standard InChI is InChI=1S/C22H27FN2O3S/c1-16-3-7-19(8-4-16)17(2)24-22(26)20-11-13-25(14-12-20)29(27,28)15-18-5-9-21(23)10-6-18/h3-10,17,20H,11-15H2,1-2H3,(H,24,26). The van der Waals surface area contributed by atoms with Crippen LogP contribution < -0.4 is 5.32 Å². The number of nitrogens with one attached hydrogen (secondary N) is 1. The van der Waals surface area contributed by atoms with Gasteiger partial charge in [0.1, 0.15) is 5.82 Å². The summed E-state index contributed by atoms with van der Waals surface area (Å²) in [5.74, 6) is -0.777. The van der Waals surface area contributed by atoms with Crippen molar-refractivity contribution in [3.8, 4) is 0 Å². The lowest BCUT2D eigenvalue weighted by atomic mass is 9.96. The van der Waals surface area contributed by atoms with Crippen LogP contribution in [0.15, 0.2) is 48.5 Å². The molecule has 1 N–H and O–H groups in total. The van der Waals surface area contributed by atoms with Crippen molar-refractivity contribution in [3.63, 3.8) is 0 Å². The second-order valence-corrected chi connectivity index (χ2v) is 9.67. The van der Waals surface area contributed by atoms with Crippen LogP contribution in [0.3, 0.4) is 0 Å². The molecule has 156 valence electrons. The molecule has 5 nitrogen and oxygen atoms in total. The molecule has 29 heavy (non-hydrogen) atoms. The van der Waals surface area contributed by atoms with E-state index >= 15 is 0 Å². The maximum absolute atomic E-state index is 13.0. The summed E-state index contributed by atoms with van der Waals surface area (Å²) < 4.78 is 39.7. The first-order valence-corrected chi connectivity index (χ1v) is 11.4. The zero-order valence-corrected chi connectivity index (χ0v) is 17.6. The molecular weight excluding hydrogens is 391 g/mol. The van der Waals surface area contributed by atoms with Crippen molar-refractivity contribution in [2.24, 2.45) is 5.92 Å². The number of hydrogen-bond acceptors (Lipinski definition) is 3. The Morgan fingerprint density at radius 1 is 1.10 bits per heavy atom. The molecule has 0 spiro atoms. The van der Waals surface area contributed by atoms with Crippen LogP contribution in [-0.4, -0.2) is 31.7 Å². The first-order chi connectivity index (χ1) is 13.7. The zero-order valence-electron chi connectivity index (χ0n) is 16.8. The summed E-state index contributed by atoms with van der Waals surface area (Å²) in [6, 6.07) is 13.4. The van der Waals surface area contributed by atoms with Gasteiger partial charge in [-0.05, 0) is 49.9 Å². The summed E-state index contributed by atoms with van der Waals surface area (Å²) in [5, 5.41) is 3.04. The van der Waals surface area contributed by atoms with Crippen LogP contribution in [0.5, 0.6) is 0 Å². The van der Waals surface area contributed by atoms with Gasteiger partial charge >= 0.3 is 0 Å². The maximum atomic E-state index is 13.0. The van der Waals surface area contributed by atoms with Crippen molar-refractivity contribution in [3.05, 3.63) is 71.0 Å². The summed E-state index contributed by atoms with van der Waals surface area (Å²) in [6.45, 7) is 4.61. The molecule has 1 saturated heterocycles. The highest BCUT2D eigenvalue weighted by molar-refractivity contribution is 7.88. The lowest BCUT2D eigenvalue weighted by Crippen LogP contribution is -2.43. The molecule has 1 heterocycles. The van der Waals surface area contributed by atoms with Crippen molar-refractivity contribution < 1.29 is 17.6 Å². The van der Waals surface area contributed by atoms with Crippen molar-refractivity contribution in [2.45, 2.75) is 38.5 Å². The Morgan fingerprint density at radius 2 is 1.69 bits per heavy atom. The fourth-order valence-corrected chi connectivity index (χ4v) is 5.11. The minimum atomic E-state index is -3.49. The van der Waals surface area contributed by atoms with Crippen LogP contribution in [0, 0.1) is 18.7 Å². The molecule has 1 fully saturated rings. The van der Waals surface area contributed by atoms with Crippen molar-refractivity contribution in [1.82, 2.24) is 9.62 Å². The van der Waals surface area contributed by atoms with Gasteiger partial charge in [0.2, 0.25) is 15.9 Å². The number of aryl methyl sites for hydroxylation is 1. The largest absolute Gasteiger partial charge is 0.349 e. The number of carbonyl (C=O) groups excluding carboxylic acids is 1. The minimum absolute atomic E-state index is 0.0337. The van der Waals surface area contributed by atoms with E-state index in [2.05, 4.69) is 5.32 Å². The number of piperidine rings is 1. The van der Waals surface area contributed by atoms with Gasteiger partial charge in [-0.1, -0.05) is 42.0 Å². The van der Waals surface area contributed by atoms with E-state index in [-0.39, 0.29) is 23.6 Å². The van der Waals surface area contributed by atoms with Gasteiger partial charge < -0.3 is 5.32 Å². The van der Waals surface area contributed by atoms with Crippen molar-refractivity contribution >= 4 is 15.9 Å². The Bertz CT molecular complexity index is 935. The Balaban J connectivity index is 1.53. The fourth-order valence-electron chi connectivity index (χ4n) is 3.55. The van der Waals surface area contributed by atoms with E-state index in [1.807, 2.05) is 38.1 Å². The van der Waals surface area contributed by atoms with Crippen LogP contribution in [0.25, 0.3) is 0 Å². The Kier molecular flexibility index (Phi) is 6.70. The van der Waals surface area contributed by atoms with Crippen molar-refractivity contribution in [2.75, 3.05) is 13.1 Å². The molecule has 1 unspecified atom stereocenters. The molecule has 7 heteroatoms. The molecule has 0 radical (unpaired) electrons. The number of rotatable bonds is 6. The van der Waals surface area contributed by atoms with Gasteiger partial charge in [-0.3, -0.25) is 4.79 Å². The summed E-state index contributed by atoms with van der Waals surface area (Å²) in [4.78, 5) is 12.6. The van der Waals surface area contributed by atoms with Gasteiger partial charge in [0.25, 0.3) is 0 Å². The predicted molar refractivity (Wildman–Crippen MR) is 111 cm³/mol. The van der Waals surface area contributed by atoms with E-state index in [1.54, 1.807) is 0 Å². The topological polar surface area (TPSA) is 66.5 Å². The third-order valence-corrected chi connectivity index (χ3v) is 7.27. The first kappa shape index (κ1) is 21.5. The molecule has 1 atom stereocenters. The van der Waals surface area contributed by atoms with Crippen molar-refractivity contribution in [1.29, 1.82) is 0 Å². The van der Waals surface area contributed by atoms with E-state index in [0.717, 1.165) is 5.56 Å². The molecule has 0 saturated carbocycles. The van der Waals surface area contributed by atoms with E-state index in [0.29, 0.717) is 31.5 Å². The average molecular weight is 419 g/mol. The highest BCUT2D eigenvalue weighted by Crippen LogP contribution is 2.23. The normalized spacial score (nSPS) is 17.1. The van der Waals surface area contributed by atoms with Gasteiger partial charge in [-0.25, -0.2) is 17.1 Å². The molecular formula is C22H27FN2O3S. The summed E-state index contributed by atoms with van der Waals surface area (Å²) >= 11 is 0. The van der Waals surface area contributed by atoms with Crippen LogP contribution in [0.4, 0.5) is 4.39 Å². The Morgan fingerprint density at radius 3 is 2.28 bits per heavy atom. The molecule has 0 aliphatic carbocycles. The molecule has 3 rings (SSSR count). The second kappa shape index (κ2) is 9.05. The lowest BCUT2D eigenvalue weighted by molar-refractivity contribution is -0.126. The monoisotopic (exact) mass is 418 g/mol. The molecule has 1 aliphatic rings. The zero-order chi connectivity index (χ0) is 21.0. The fraction of sp³-hybridized carbons (Fsp3) is 0.409. The second-order valence-electron chi connectivity index (χ2n) is 7.70. The number of hydrogen-bond donors (Lipinski definition) is 1. The Hall–Kier alpha value is -2.25. The molecule has 1 amide bonds. The van der Waals surface area contributed by atoms with Crippen LogP contribution >= 0.6 is 0 Å². The number of sulfonamides is 1. The van der Waals surface area contributed by atoms with E-state index < -0.39 is 15.8 Å².